The zero-order chi connectivity index (χ0) is 11.0. The van der Waals surface area contributed by atoms with E-state index < -0.39 is 17.9 Å². The maximum Gasteiger partial charge on any atom is 1.00 e. The molecule has 0 aliphatic rings. The molecule has 1 atom stereocenters. The van der Waals surface area contributed by atoms with Crippen LogP contribution in [0.15, 0.2) is 0 Å². The van der Waals surface area contributed by atoms with E-state index in [4.69, 9.17) is 5.11 Å². The Hall–Kier alpha value is 0.576. The van der Waals surface area contributed by atoms with Crippen molar-refractivity contribution in [2.45, 2.75) is 45.4 Å². The third kappa shape index (κ3) is 10.9. The summed E-state index contributed by atoms with van der Waals surface area (Å²) in [7, 11) is 0. The SMILES string of the molecule is CCCCCCC(CC(=O)[O-])C(=O)O.[K+]. The summed E-state index contributed by atoms with van der Waals surface area (Å²) < 4.78 is 0. The van der Waals surface area contributed by atoms with Crippen molar-refractivity contribution in [2.75, 3.05) is 0 Å². The van der Waals surface area contributed by atoms with Crippen LogP contribution < -0.4 is 56.5 Å². The number of unbranched alkanes of at least 4 members (excludes halogenated alkanes) is 3. The minimum absolute atomic E-state index is 0. The van der Waals surface area contributed by atoms with Crippen molar-refractivity contribution in [1.82, 2.24) is 0 Å². The van der Waals surface area contributed by atoms with E-state index in [1.165, 1.54) is 0 Å². The van der Waals surface area contributed by atoms with E-state index in [-0.39, 0.29) is 57.8 Å². The Kier molecular flexibility index (Phi) is 13.3. The number of hydrogen-bond donors (Lipinski definition) is 1. The first kappa shape index (κ1) is 18.0. The standard InChI is InChI=1S/C10H18O4.K/c1-2-3-4-5-6-8(10(13)14)7-9(11)12;/h8H,2-7H2,1H3,(H,11,12)(H,13,14);/q;+1/p-1. The normalized spacial score (nSPS) is 11.5. The van der Waals surface area contributed by atoms with Crippen LogP contribution in [-0.4, -0.2) is 17.0 Å². The Balaban J connectivity index is 0. The summed E-state index contributed by atoms with van der Waals surface area (Å²) in [5.41, 5.74) is 0. The summed E-state index contributed by atoms with van der Waals surface area (Å²) in [5, 5.41) is 18.9. The minimum Gasteiger partial charge on any atom is -0.550 e. The second-order valence-electron chi connectivity index (χ2n) is 3.46. The van der Waals surface area contributed by atoms with Gasteiger partial charge in [-0.3, -0.25) is 4.79 Å². The van der Waals surface area contributed by atoms with Gasteiger partial charge in [0, 0.05) is 12.4 Å². The first-order chi connectivity index (χ1) is 6.57. The third-order valence-corrected chi connectivity index (χ3v) is 2.17. The predicted molar refractivity (Wildman–Crippen MR) is 49.5 cm³/mol. The van der Waals surface area contributed by atoms with Crippen molar-refractivity contribution < 1.29 is 71.2 Å². The van der Waals surface area contributed by atoms with Gasteiger partial charge >= 0.3 is 57.4 Å². The largest absolute Gasteiger partial charge is 1.00 e. The molecule has 0 aliphatic heterocycles. The molecule has 15 heavy (non-hydrogen) atoms. The van der Waals surface area contributed by atoms with Gasteiger partial charge in [-0.25, -0.2) is 0 Å². The topological polar surface area (TPSA) is 77.4 Å². The maximum absolute atomic E-state index is 10.6. The fraction of sp³-hybridized carbons (Fsp3) is 0.800. The van der Waals surface area contributed by atoms with Gasteiger partial charge in [0.25, 0.3) is 0 Å². The Bertz CT molecular complexity index is 194. The van der Waals surface area contributed by atoms with Crippen LogP contribution in [0.25, 0.3) is 0 Å². The smallest absolute Gasteiger partial charge is 0.550 e. The molecule has 0 rings (SSSR count). The second-order valence-corrected chi connectivity index (χ2v) is 3.46. The molecule has 1 N–H and O–H groups in total. The molecule has 0 aromatic heterocycles. The molecule has 0 aromatic carbocycles. The average molecular weight is 240 g/mol. The second kappa shape index (κ2) is 11.1. The van der Waals surface area contributed by atoms with Crippen LogP contribution in [0.5, 0.6) is 0 Å². The van der Waals surface area contributed by atoms with Gasteiger partial charge in [-0.15, -0.1) is 0 Å². The van der Waals surface area contributed by atoms with Crippen molar-refractivity contribution in [2.24, 2.45) is 5.92 Å². The molecule has 1 unspecified atom stereocenters. The van der Waals surface area contributed by atoms with Crippen LogP contribution in [0.4, 0.5) is 0 Å². The van der Waals surface area contributed by atoms with Crippen LogP contribution >= 0.6 is 0 Å². The molecule has 0 bridgehead atoms. The van der Waals surface area contributed by atoms with Crippen LogP contribution in [0, 0.1) is 5.92 Å². The van der Waals surface area contributed by atoms with E-state index in [0.29, 0.717) is 6.42 Å². The summed E-state index contributed by atoms with van der Waals surface area (Å²) in [5.74, 6) is -3.10. The Morgan fingerprint density at radius 3 is 2.27 bits per heavy atom. The summed E-state index contributed by atoms with van der Waals surface area (Å²) in [6.45, 7) is 2.07. The number of rotatable bonds is 8. The molecule has 0 amide bonds. The monoisotopic (exact) mass is 240 g/mol. The molecule has 0 fully saturated rings. The molecular weight excluding hydrogens is 223 g/mol. The zero-order valence-corrected chi connectivity index (χ0v) is 12.6. The number of carboxylic acid groups (broad SMARTS) is 2. The summed E-state index contributed by atoms with van der Waals surface area (Å²) >= 11 is 0. The van der Waals surface area contributed by atoms with Gasteiger partial charge in [0.1, 0.15) is 0 Å². The molecule has 0 heterocycles. The van der Waals surface area contributed by atoms with Gasteiger partial charge in [-0.2, -0.15) is 0 Å². The fourth-order valence-corrected chi connectivity index (χ4v) is 1.33. The van der Waals surface area contributed by atoms with Crippen molar-refractivity contribution in [3.63, 3.8) is 0 Å². The zero-order valence-electron chi connectivity index (χ0n) is 9.49. The summed E-state index contributed by atoms with van der Waals surface area (Å²) in [4.78, 5) is 20.8. The van der Waals surface area contributed by atoms with Crippen LogP contribution in [0.1, 0.15) is 45.4 Å². The number of carbonyl (C=O) groups is 2. The quantitative estimate of drug-likeness (QED) is 0.386. The minimum atomic E-state index is -1.28. The average Bonchev–Trinajstić information content (AvgIpc) is 2.09. The van der Waals surface area contributed by atoms with Crippen molar-refractivity contribution in [3.05, 3.63) is 0 Å². The molecule has 5 heteroatoms. The predicted octanol–water partition coefficient (Wildman–Crippen LogP) is -2.20. The molecule has 4 nitrogen and oxygen atoms in total. The van der Waals surface area contributed by atoms with Crippen LogP contribution in [0.2, 0.25) is 0 Å². The number of carbonyl (C=O) groups excluding carboxylic acids is 1. The van der Waals surface area contributed by atoms with E-state index >= 15 is 0 Å². The molecule has 0 aromatic rings. The molecule has 82 valence electrons. The van der Waals surface area contributed by atoms with Crippen LogP contribution in [-0.2, 0) is 9.59 Å². The Morgan fingerprint density at radius 1 is 1.27 bits per heavy atom. The van der Waals surface area contributed by atoms with E-state index in [1.54, 1.807) is 0 Å². The molecule has 0 spiro atoms. The molecule has 0 aliphatic carbocycles. The van der Waals surface area contributed by atoms with Gasteiger partial charge in [0.2, 0.25) is 0 Å². The number of hydrogen-bond acceptors (Lipinski definition) is 3. The van der Waals surface area contributed by atoms with Crippen molar-refractivity contribution >= 4 is 11.9 Å². The van der Waals surface area contributed by atoms with Gasteiger partial charge in [0.05, 0.1) is 5.92 Å². The van der Waals surface area contributed by atoms with E-state index in [2.05, 4.69) is 6.92 Å². The summed E-state index contributed by atoms with van der Waals surface area (Å²) in [6, 6.07) is 0. The van der Waals surface area contributed by atoms with Crippen LogP contribution in [0.3, 0.4) is 0 Å². The molecule has 0 saturated heterocycles. The first-order valence-corrected chi connectivity index (χ1v) is 5.00. The van der Waals surface area contributed by atoms with Gasteiger partial charge in [-0.05, 0) is 6.42 Å². The van der Waals surface area contributed by atoms with Crippen molar-refractivity contribution in [1.29, 1.82) is 0 Å². The van der Waals surface area contributed by atoms with Gasteiger partial charge in [-0.1, -0.05) is 32.6 Å². The number of carboxylic acids is 2. The van der Waals surface area contributed by atoms with E-state index in [0.717, 1.165) is 25.7 Å². The molecule has 0 saturated carbocycles. The Labute approximate surface area is 133 Å². The van der Waals surface area contributed by atoms with Crippen molar-refractivity contribution in [3.8, 4) is 0 Å². The summed E-state index contributed by atoms with van der Waals surface area (Å²) in [6.07, 6.45) is 3.95. The Morgan fingerprint density at radius 2 is 1.87 bits per heavy atom. The first-order valence-electron chi connectivity index (χ1n) is 5.00. The van der Waals surface area contributed by atoms with E-state index in [1.807, 2.05) is 0 Å². The maximum atomic E-state index is 10.6. The fourth-order valence-electron chi connectivity index (χ4n) is 1.33. The van der Waals surface area contributed by atoms with E-state index in [9.17, 15) is 14.7 Å². The van der Waals surface area contributed by atoms with Gasteiger partial charge in [0.15, 0.2) is 0 Å². The third-order valence-electron chi connectivity index (χ3n) is 2.17. The molecular formula is C10H17KO4. The van der Waals surface area contributed by atoms with Gasteiger partial charge < -0.3 is 15.0 Å². The molecule has 0 radical (unpaired) electrons. The number of aliphatic carboxylic acids is 2.